The van der Waals surface area contributed by atoms with Gasteiger partial charge < -0.3 is 10.1 Å². The lowest BCUT2D eigenvalue weighted by molar-refractivity contribution is -0.0268. The van der Waals surface area contributed by atoms with E-state index in [-0.39, 0.29) is 11.6 Å². The number of rotatable bonds is 6. The van der Waals surface area contributed by atoms with Crippen LogP contribution in [0.2, 0.25) is 10.0 Å². The van der Waals surface area contributed by atoms with E-state index in [1.165, 1.54) is 0 Å². The standard InChI is InChI=1S/C14H21Cl2NO/c1-5-14(2,18-4)13(17-3)9-10-6-7-11(15)12(16)8-10/h6-8,13,17H,5,9H2,1-4H3. The molecule has 0 saturated heterocycles. The van der Waals surface area contributed by atoms with Crippen molar-refractivity contribution in [2.45, 2.75) is 38.3 Å². The molecule has 1 rings (SSSR count). The summed E-state index contributed by atoms with van der Waals surface area (Å²) in [4.78, 5) is 0. The summed E-state index contributed by atoms with van der Waals surface area (Å²) >= 11 is 12.0. The van der Waals surface area contributed by atoms with Crippen molar-refractivity contribution in [2.24, 2.45) is 0 Å². The van der Waals surface area contributed by atoms with E-state index in [1.807, 2.05) is 25.2 Å². The second kappa shape index (κ2) is 6.76. The summed E-state index contributed by atoms with van der Waals surface area (Å²) in [6, 6.07) is 5.98. The average Bonchev–Trinajstić information content (AvgIpc) is 2.39. The molecular weight excluding hydrogens is 269 g/mol. The van der Waals surface area contributed by atoms with Crippen LogP contribution in [0.4, 0.5) is 0 Å². The SMILES string of the molecule is CCC(C)(OC)C(Cc1ccc(Cl)c(Cl)c1)NC. The minimum absolute atomic E-state index is 0.194. The predicted octanol–water partition coefficient (Wildman–Crippen LogP) is 3.94. The van der Waals surface area contributed by atoms with Gasteiger partial charge in [-0.15, -0.1) is 0 Å². The van der Waals surface area contributed by atoms with Gasteiger partial charge in [0.2, 0.25) is 0 Å². The molecule has 0 amide bonds. The number of likely N-dealkylation sites (N-methyl/N-ethyl adjacent to an activating group) is 1. The van der Waals surface area contributed by atoms with Crippen molar-refractivity contribution in [3.8, 4) is 0 Å². The fourth-order valence-corrected chi connectivity index (χ4v) is 2.38. The molecule has 0 aliphatic carbocycles. The first-order chi connectivity index (χ1) is 8.46. The van der Waals surface area contributed by atoms with Gasteiger partial charge in [-0.05, 0) is 44.5 Å². The Morgan fingerprint density at radius 1 is 1.33 bits per heavy atom. The quantitative estimate of drug-likeness (QED) is 0.857. The largest absolute Gasteiger partial charge is 0.377 e. The van der Waals surface area contributed by atoms with Crippen LogP contribution < -0.4 is 5.32 Å². The van der Waals surface area contributed by atoms with Crippen LogP contribution in [0, 0.1) is 0 Å². The molecule has 0 aliphatic rings. The maximum atomic E-state index is 6.04. The van der Waals surface area contributed by atoms with Crippen LogP contribution in [0.3, 0.4) is 0 Å². The molecule has 2 nitrogen and oxygen atoms in total. The number of nitrogens with one attached hydrogen (secondary N) is 1. The van der Waals surface area contributed by atoms with E-state index < -0.39 is 0 Å². The second-order valence-corrected chi connectivity index (χ2v) is 5.48. The smallest absolute Gasteiger partial charge is 0.0803 e. The molecule has 1 aromatic carbocycles. The fraction of sp³-hybridized carbons (Fsp3) is 0.571. The van der Waals surface area contributed by atoms with Gasteiger partial charge in [-0.1, -0.05) is 36.2 Å². The van der Waals surface area contributed by atoms with Crippen LogP contribution in [0.5, 0.6) is 0 Å². The number of benzene rings is 1. The van der Waals surface area contributed by atoms with Crippen molar-refractivity contribution in [1.82, 2.24) is 5.32 Å². The lowest BCUT2D eigenvalue weighted by atomic mass is 9.88. The van der Waals surface area contributed by atoms with Gasteiger partial charge in [0.25, 0.3) is 0 Å². The molecule has 0 fully saturated rings. The van der Waals surface area contributed by atoms with Gasteiger partial charge in [-0.3, -0.25) is 0 Å². The first-order valence-electron chi connectivity index (χ1n) is 6.13. The van der Waals surface area contributed by atoms with Crippen molar-refractivity contribution < 1.29 is 4.74 Å². The Balaban J connectivity index is 2.88. The molecule has 0 aromatic heterocycles. The molecule has 0 saturated carbocycles. The summed E-state index contributed by atoms with van der Waals surface area (Å²) in [7, 11) is 3.71. The molecule has 0 heterocycles. The van der Waals surface area contributed by atoms with Crippen LogP contribution in [-0.2, 0) is 11.2 Å². The van der Waals surface area contributed by atoms with E-state index in [0.717, 1.165) is 18.4 Å². The molecule has 0 radical (unpaired) electrons. The molecule has 2 atom stereocenters. The zero-order chi connectivity index (χ0) is 13.8. The summed E-state index contributed by atoms with van der Waals surface area (Å²) in [5, 5.41) is 4.51. The Morgan fingerprint density at radius 2 is 2.00 bits per heavy atom. The van der Waals surface area contributed by atoms with E-state index in [0.29, 0.717) is 10.0 Å². The molecule has 1 aromatic rings. The highest BCUT2D eigenvalue weighted by Gasteiger charge is 2.31. The molecule has 4 heteroatoms. The molecule has 2 unspecified atom stereocenters. The van der Waals surface area contributed by atoms with Gasteiger partial charge in [0.05, 0.1) is 15.6 Å². The Morgan fingerprint density at radius 3 is 2.44 bits per heavy atom. The van der Waals surface area contributed by atoms with Gasteiger partial charge in [0.15, 0.2) is 0 Å². The minimum Gasteiger partial charge on any atom is -0.377 e. The van der Waals surface area contributed by atoms with E-state index in [2.05, 4.69) is 19.2 Å². The Hall–Kier alpha value is -0.280. The number of halogens is 2. The van der Waals surface area contributed by atoms with Crippen LogP contribution in [0.15, 0.2) is 18.2 Å². The number of ether oxygens (including phenoxy) is 1. The van der Waals surface area contributed by atoms with Gasteiger partial charge in [0.1, 0.15) is 0 Å². The third-order valence-electron chi connectivity index (χ3n) is 3.68. The van der Waals surface area contributed by atoms with E-state index >= 15 is 0 Å². The number of methoxy groups -OCH3 is 1. The minimum atomic E-state index is -0.194. The topological polar surface area (TPSA) is 21.3 Å². The predicted molar refractivity (Wildman–Crippen MR) is 78.7 cm³/mol. The van der Waals surface area contributed by atoms with Gasteiger partial charge >= 0.3 is 0 Å². The summed E-state index contributed by atoms with van der Waals surface area (Å²) in [5.74, 6) is 0. The van der Waals surface area contributed by atoms with Gasteiger partial charge in [-0.25, -0.2) is 0 Å². The molecule has 1 N–H and O–H groups in total. The molecule has 0 spiro atoms. The normalized spacial score (nSPS) is 16.3. The zero-order valence-electron chi connectivity index (χ0n) is 11.4. The summed E-state index contributed by atoms with van der Waals surface area (Å²) in [6.07, 6.45) is 1.79. The van der Waals surface area contributed by atoms with Crippen LogP contribution in [0.25, 0.3) is 0 Å². The van der Waals surface area contributed by atoms with Crippen LogP contribution >= 0.6 is 23.2 Å². The van der Waals surface area contributed by atoms with E-state index in [9.17, 15) is 0 Å². The molecule has 102 valence electrons. The second-order valence-electron chi connectivity index (χ2n) is 4.66. The molecular formula is C14H21Cl2NO. The lowest BCUT2D eigenvalue weighted by Gasteiger charge is -2.35. The van der Waals surface area contributed by atoms with Crippen molar-refractivity contribution in [3.05, 3.63) is 33.8 Å². The highest BCUT2D eigenvalue weighted by molar-refractivity contribution is 6.42. The number of hydrogen-bond acceptors (Lipinski definition) is 2. The maximum absolute atomic E-state index is 6.04. The van der Waals surface area contributed by atoms with E-state index in [1.54, 1.807) is 7.11 Å². The van der Waals surface area contributed by atoms with Gasteiger partial charge in [0, 0.05) is 13.2 Å². The van der Waals surface area contributed by atoms with Crippen molar-refractivity contribution in [2.75, 3.05) is 14.2 Å². The highest BCUT2D eigenvalue weighted by atomic mass is 35.5. The van der Waals surface area contributed by atoms with E-state index in [4.69, 9.17) is 27.9 Å². The average molecular weight is 290 g/mol. The summed E-state index contributed by atoms with van der Waals surface area (Å²) in [6.45, 7) is 4.24. The molecule has 0 bridgehead atoms. The highest BCUT2D eigenvalue weighted by Crippen LogP contribution is 2.26. The lowest BCUT2D eigenvalue weighted by Crippen LogP contribution is -2.49. The third kappa shape index (κ3) is 3.61. The monoisotopic (exact) mass is 289 g/mol. The maximum Gasteiger partial charge on any atom is 0.0803 e. The van der Waals surface area contributed by atoms with Crippen molar-refractivity contribution >= 4 is 23.2 Å². The first-order valence-corrected chi connectivity index (χ1v) is 6.88. The number of hydrogen-bond donors (Lipinski definition) is 1. The van der Waals surface area contributed by atoms with Crippen molar-refractivity contribution in [3.63, 3.8) is 0 Å². The molecule has 0 aliphatic heterocycles. The fourth-order valence-electron chi connectivity index (χ4n) is 2.06. The third-order valence-corrected chi connectivity index (χ3v) is 4.42. The van der Waals surface area contributed by atoms with Gasteiger partial charge in [-0.2, -0.15) is 0 Å². The first kappa shape index (κ1) is 15.8. The summed E-state index contributed by atoms with van der Waals surface area (Å²) < 4.78 is 5.64. The van der Waals surface area contributed by atoms with Crippen LogP contribution in [0.1, 0.15) is 25.8 Å². The summed E-state index contributed by atoms with van der Waals surface area (Å²) in [5.41, 5.74) is 0.960. The zero-order valence-corrected chi connectivity index (χ0v) is 12.9. The Labute approximate surface area is 120 Å². The Bertz CT molecular complexity index is 391. The van der Waals surface area contributed by atoms with Crippen molar-refractivity contribution in [1.29, 1.82) is 0 Å². The van der Waals surface area contributed by atoms with Crippen LogP contribution in [-0.4, -0.2) is 25.8 Å². The Kier molecular flexibility index (Phi) is 5.93. The molecule has 18 heavy (non-hydrogen) atoms.